The standard InChI is InChI=1S/C19H18FN5O2S/c1-11(26)13-7-9-14(10-8-13)22-18(27)12(2)28-19-24-23-17(25(19)21)15-5-3-4-6-16(15)20/h3-10,12H,21H2,1-2H3,(H,22,27)/t12-/m0/s1. The van der Waals surface area contributed by atoms with Crippen LogP contribution in [0.4, 0.5) is 10.1 Å². The Hall–Kier alpha value is -3.20. The van der Waals surface area contributed by atoms with Crippen LogP contribution in [0.3, 0.4) is 0 Å². The van der Waals surface area contributed by atoms with E-state index < -0.39 is 11.1 Å². The average molecular weight is 399 g/mol. The van der Waals surface area contributed by atoms with Crippen molar-refractivity contribution < 1.29 is 14.0 Å². The first-order chi connectivity index (χ1) is 13.4. The summed E-state index contributed by atoms with van der Waals surface area (Å²) in [6, 6.07) is 12.7. The molecule has 28 heavy (non-hydrogen) atoms. The SMILES string of the molecule is CC(=O)c1ccc(NC(=O)[C@H](C)Sc2nnc(-c3ccccc3F)n2N)cc1. The lowest BCUT2D eigenvalue weighted by molar-refractivity contribution is -0.115. The predicted octanol–water partition coefficient (Wildman–Crippen LogP) is 3.12. The van der Waals surface area contributed by atoms with Crippen molar-refractivity contribution in [1.29, 1.82) is 0 Å². The molecule has 0 radical (unpaired) electrons. The highest BCUT2D eigenvalue weighted by Crippen LogP contribution is 2.26. The number of carbonyl (C=O) groups excluding carboxylic acids is 2. The second-order valence-corrected chi connectivity index (χ2v) is 7.35. The van der Waals surface area contributed by atoms with E-state index in [1.165, 1.54) is 13.0 Å². The number of nitrogen functional groups attached to an aromatic ring is 1. The largest absolute Gasteiger partial charge is 0.335 e. The van der Waals surface area contributed by atoms with Crippen molar-refractivity contribution in [1.82, 2.24) is 14.9 Å². The molecule has 0 bridgehead atoms. The normalized spacial score (nSPS) is 11.8. The number of ketones is 1. The minimum absolute atomic E-state index is 0.0465. The minimum atomic E-state index is -0.535. The van der Waals surface area contributed by atoms with E-state index in [1.54, 1.807) is 49.4 Å². The van der Waals surface area contributed by atoms with Crippen molar-refractivity contribution in [3.63, 3.8) is 0 Å². The van der Waals surface area contributed by atoms with Gasteiger partial charge in [0.05, 0.1) is 10.8 Å². The minimum Gasteiger partial charge on any atom is -0.335 e. The molecule has 0 saturated heterocycles. The van der Waals surface area contributed by atoms with Crippen LogP contribution in [0.15, 0.2) is 53.7 Å². The van der Waals surface area contributed by atoms with E-state index in [1.807, 2.05) is 0 Å². The molecule has 2 aromatic carbocycles. The summed E-state index contributed by atoms with van der Waals surface area (Å²) < 4.78 is 15.1. The quantitative estimate of drug-likeness (QED) is 0.375. The van der Waals surface area contributed by atoms with Crippen molar-refractivity contribution in [2.24, 2.45) is 0 Å². The molecule has 3 rings (SSSR count). The number of halogens is 1. The Morgan fingerprint density at radius 2 is 1.82 bits per heavy atom. The number of hydrogen-bond acceptors (Lipinski definition) is 6. The molecule has 0 fully saturated rings. The second-order valence-electron chi connectivity index (χ2n) is 6.04. The number of aromatic nitrogens is 3. The Kier molecular flexibility index (Phi) is 5.74. The zero-order valence-electron chi connectivity index (χ0n) is 15.2. The van der Waals surface area contributed by atoms with E-state index in [4.69, 9.17) is 5.84 Å². The first-order valence-electron chi connectivity index (χ1n) is 8.40. The lowest BCUT2D eigenvalue weighted by Gasteiger charge is -2.12. The number of nitrogens with zero attached hydrogens (tertiary/aromatic N) is 3. The number of rotatable bonds is 6. The molecule has 1 aromatic heterocycles. The molecule has 1 heterocycles. The third kappa shape index (κ3) is 4.20. The number of nitrogens with two attached hydrogens (primary N) is 1. The summed E-state index contributed by atoms with van der Waals surface area (Å²) in [4.78, 5) is 23.7. The summed E-state index contributed by atoms with van der Waals surface area (Å²) in [5.41, 5.74) is 1.37. The molecule has 144 valence electrons. The summed E-state index contributed by atoms with van der Waals surface area (Å²) >= 11 is 1.10. The molecular weight excluding hydrogens is 381 g/mol. The van der Waals surface area contributed by atoms with Gasteiger partial charge in [-0.05, 0) is 50.2 Å². The number of anilines is 1. The molecule has 7 nitrogen and oxygen atoms in total. The number of amides is 1. The monoisotopic (exact) mass is 399 g/mol. The first-order valence-corrected chi connectivity index (χ1v) is 9.28. The maximum atomic E-state index is 13.9. The van der Waals surface area contributed by atoms with E-state index in [2.05, 4.69) is 15.5 Å². The van der Waals surface area contributed by atoms with E-state index in [0.29, 0.717) is 11.3 Å². The molecule has 0 aliphatic heterocycles. The molecule has 3 aromatic rings. The number of hydrogen-bond donors (Lipinski definition) is 2. The van der Waals surface area contributed by atoms with Crippen molar-refractivity contribution in [2.75, 3.05) is 11.2 Å². The van der Waals surface area contributed by atoms with Crippen molar-refractivity contribution >= 4 is 29.1 Å². The molecule has 1 atom stereocenters. The van der Waals surface area contributed by atoms with E-state index in [-0.39, 0.29) is 28.2 Å². The van der Waals surface area contributed by atoms with Gasteiger partial charge in [0.1, 0.15) is 5.82 Å². The van der Waals surface area contributed by atoms with Gasteiger partial charge in [-0.1, -0.05) is 23.9 Å². The fraction of sp³-hybridized carbons (Fsp3) is 0.158. The van der Waals surface area contributed by atoms with Crippen LogP contribution in [0.5, 0.6) is 0 Å². The van der Waals surface area contributed by atoms with Gasteiger partial charge in [0.25, 0.3) is 0 Å². The number of benzene rings is 2. The fourth-order valence-corrected chi connectivity index (χ4v) is 3.20. The van der Waals surface area contributed by atoms with Gasteiger partial charge in [-0.3, -0.25) is 9.59 Å². The smallest absolute Gasteiger partial charge is 0.237 e. The van der Waals surface area contributed by atoms with Crippen LogP contribution in [0, 0.1) is 5.82 Å². The fourth-order valence-electron chi connectivity index (χ4n) is 2.43. The maximum absolute atomic E-state index is 13.9. The van der Waals surface area contributed by atoms with Gasteiger partial charge in [0.15, 0.2) is 11.6 Å². The van der Waals surface area contributed by atoms with Gasteiger partial charge < -0.3 is 11.2 Å². The van der Waals surface area contributed by atoms with Crippen LogP contribution < -0.4 is 11.2 Å². The van der Waals surface area contributed by atoms with Crippen LogP contribution in [0.2, 0.25) is 0 Å². The third-order valence-electron chi connectivity index (χ3n) is 3.99. The lowest BCUT2D eigenvalue weighted by atomic mass is 10.1. The summed E-state index contributed by atoms with van der Waals surface area (Å²) in [6.45, 7) is 3.17. The van der Waals surface area contributed by atoms with Gasteiger partial charge in [0, 0.05) is 11.3 Å². The lowest BCUT2D eigenvalue weighted by Crippen LogP contribution is -2.23. The van der Waals surface area contributed by atoms with Crippen molar-refractivity contribution in [2.45, 2.75) is 24.3 Å². The highest BCUT2D eigenvalue weighted by atomic mass is 32.2. The number of carbonyl (C=O) groups is 2. The van der Waals surface area contributed by atoms with Gasteiger partial charge in [-0.15, -0.1) is 10.2 Å². The summed E-state index contributed by atoms with van der Waals surface area (Å²) in [5.74, 6) is 5.39. The molecule has 0 unspecified atom stereocenters. The third-order valence-corrected chi connectivity index (χ3v) is 5.05. The van der Waals surface area contributed by atoms with Crippen LogP contribution in [-0.4, -0.2) is 31.8 Å². The van der Waals surface area contributed by atoms with Gasteiger partial charge in [-0.2, -0.15) is 0 Å². The van der Waals surface area contributed by atoms with Crippen LogP contribution in [-0.2, 0) is 4.79 Å². The topological polar surface area (TPSA) is 103 Å². The van der Waals surface area contributed by atoms with Crippen LogP contribution in [0.25, 0.3) is 11.4 Å². The molecule has 0 saturated carbocycles. The molecular formula is C19H18FN5O2S. The number of nitrogens with one attached hydrogen (secondary N) is 1. The summed E-state index contributed by atoms with van der Waals surface area (Å²) in [5, 5.41) is 10.4. The van der Waals surface area contributed by atoms with Crippen molar-refractivity contribution in [3.8, 4) is 11.4 Å². The summed E-state index contributed by atoms with van der Waals surface area (Å²) in [7, 11) is 0. The average Bonchev–Trinajstić information content (AvgIpc) is 3.03. The van der Waals surface area contributed by atoms with Crippen LogP contribution in [0.1, 0.15) is 24.2 Å². The molecule has 1 amide bonds. The summed E-state index contributed by atoms with van der Waals surface area (Å²) in [6.07, 6.45) is 0. The van der Waals surface area contributed by atoms with E-state index in [9.17, 15) is 14.0 Å². The molecule has 0 aliphatic rings. The van der Waals surface area contributed by atoms with Gasteiger partial charge in [0.2, 0.25) is 11.1 Å². The first kappa shape index (κ1) is 19.6. The Morgan fingerprint density at radius 3 is 2.46 bits per heavy atom. The number of thioether (sulfide) groups is 1. The molecule has 3 N–H and O–H groups in total. The Morgan fingerprint density at radius 1 is 1.14 bits per heavy atom. The highest BCUT2D eigenvalue weighted by Gasteiger charge is 2.21. The predicted molar refractivity (Wildman–Crippen MR) is 106 cm³/mol. The Bertz CT molecular complexity index is 1020. The zero-order chi connectivity index (χ0) is 20.3. The second kappa shape index (κ2) is 8.22. The Labute approximate surface area is 165 Å². The van der Waals surface area contributed by atoms with E-state index >= 15 is 0 Å². The molecule has 9 heteroatoms. The zero-order valence-corrected chi connectivity index (χ0v) is 16.0. The maximum Gasteiger partial charge on any atom is 0.237 e. The molecule has 0 aliphatic carbocycles. The van der Waals surface area contributed by atoms with Gasteiger partial charge >= 0.3 is 0 Å². The number of Topliss-reactive ketones (excluding diaryl/α,β-unsaturated/α-hetero) is 1. The molecule has 0 spiro atoms. The Balaban J connectivity index is 1.69. The highest BCUT2D eigenvalue weighted by molar-refractivity contribution is 8.00. The van der Waals surface area contributed by atoms with Crippen molar-refractivity contribution in [3.05, 3.63) is 59.9 Å². The van der Waals surface area contributed by atoms with Gasteiger partial charge in [-0.25, -0.2) is 9.07 Å². The van der Waals surface area contributed by atoms with Crippen LogP contribution >= 0.6 is 11.8 Å². The van der Waals surface area contributed by atoms with E-state index in [0.717, 1.165) is 16.4 Å².